The third-order valence-corrected chi connectivity index (χ3v) is 5.76. The highest BCUT2D eigenvalue weighted by atomic mass is 16.7. The van der Waals surface area contributed by atoms with E-state index in [4.69, 9.17) is 14.2 Å². The molecular weight excluding hydrogens is 302 g/mol. The summed E-state index contributed by atoms with van der Waals surface area (Å²) in [5.41, 5.74) is 1.72. The Hall–Kier alpha value is -1.26. The molecule has 2 heterocycles. The smallest absolute Gasteiger partial charge is 0.231 e. The van der Waals surface area contributed by atoms with Gasteiger partial charge >= 0.3 is 0 Å². The molecule has 1 saturated heterocycles. The average Bonchev–Trinajstić information content (AvgIpc) is 2.98. The molecule has 0 amide bonds. The monoisotopic (exact) mass is 334 g/mol. The first-order chi connectivity index (χ1) is 11.4. The summed E-state index contributed by atoms with van der Waals surface area (Å²) < 4.78 is 16.8. The van der Waals surface area contributed by atoms with Crippen LogP contribution < -0.4 is 14.8 Å². The van der Waals surface area contributed by atoms with E-state index in [0.717, 1.165) is 37.6 Å². The molecule has 0 unspecified atom stereocenters. The van der Waals surface area contributed by atoms with Gasteiger partial charge in [-0.2, -0.15) is 0 Å². The molecule has 134 valence electrons. The molecule has 1 aromatic rings. The highest BCUT2D eigenvalue weighted by Gasteiger charge is 2.42. The molecule has 0 aliphatic carbocycles. The summed E-state index contributed by atoms with van der Waals surface area (Å²) in [6.45, 7) is 12.6. The number of rotatable bonds is 6. The van der Waals surface area contributed by atoms with Gasteiger partial charge in [0, 0.05) is 18.6 Å². The third kappa shape index (κ3) is 3.86. The van der Waals surface area contributed by atoms with Crippen LogP contribution in [-0.2, 0) is 11.3 Å². The van der Waals surface area contributed by atoms with Crippen LogP contribution in [0.25, 0.3) is 0 Å². The van der Waals surface area contributed by atoms with Crippen molar-refractivity contribution in [1.82, 2.24) is 0 Å². The fraction of sp³-hybridized carbons (Fsp3) is 0.700. The van der Waals surface area contributed by atoms with Crippen LogP contribution in [0.15, 0.2) is 18.2 Å². The molecule has 4 nitrogen and oxygen atoms in total. The van der Waals surface area contributed by atoms with E-state index < -0.39 is 0 Å². The SMILES string of the molecule is CC(C)[C@@]1(CC[NH2+]Cc2ccc3c(c2)OCO3)CCOC(C)(C)C1. The van der Waals surface area contributed by atoms with E-state index in [-0.39, 0.29) is 5.60 Å². The van der Waals surface area contributed by atoms with E-state index in [1.54, 1.807) is 0 Å². The maximum atomic E-state index is 5.95. The van der Waals surface area contributed by atoms with Crippen LogP contribution in [-0.4, -0.2) is 25.5 Å². The molecule has 4 heteroatoms. The predicted molar refractivity (Wildman–Crippen MR) is 94.2 cm³/mol. The number of hydrogen-bond acceptors (Lipinski definition) is 3. The minimum Gasteiger partial charge on any atom is -0.454 e. The molecule has 2 aliphatic heterocycles. The van der Waals surface area contributed by atoms with Gasteiger partial charge in [-0.05, 0) is 56.2 Å². The number of fused-ring (bicyclic) bond motifs is 1. The van der Waals surface area contributed by atoms with Gasteiger partial charge in [-0.25, -0.2) is 0 Å². The van der Waals surface area contributed by atoms with Crippen LogP contribution >= 0.6 is 0 Å². The largest absolute Gasteiger partial charge is 0.454 e. The zero-order valence-corrected chi connectivity index (χ0v) is 15.6. The number of benzene rings is 1. The van der Waals surface area contributed by atoms with E-state index in [0.29, 0.717) is 18.1 Å². The van der Waals surface area contributed by atoms with Crippen molar-refractivity contribution < 1.29 is 19.5 Å². The Morgan fingerprint density at radius 3 is 2.71 bits per heavy atom. The highest BCUT2D eigenvalue weighted by Crippen LogP contribution is 2.46. The topological polar surface area (TPSA) is 44.3 Å². The molecule has 0 saturated carbocycles. The van der Waals surface area contributed by atoms with E-state index in [9.17, 15) is 0 Å². The van der Waals surface area contributed by atoms with Crippen LogP contribution in [0, 0.1) is 11.3 Å². The van der Waals surface area contributed by atoms with Crippen LogP contribution in [0.2, 0.25) is 0 Å². The molecular formula is C20H32NO3+. The summed E-state index contributed by atoms with van der Waals surface area (Å²) in [5.74, 6) is 2.44. The lowest BCUT2D eigenvalue weighted by atomic mass is 9.65. The average molecular weight is 334 g/mol. The van der Waals surface area contributed by atoms with Crippen molar-refractivity contribution in [3.63, 3.8) is 0 Å². The quantitative estimate of drug-likeness (QED) is 0.813. The first kappa shape index (κ1) is 17.6. The second kappa shape index (κ2) is 6.93. The summed E-state index contributed by atoms with van der Waals surface area (Å²) in [6.07, 6.45) is 3.60. The van der Waals surface area contributed by atoms with E-state index >= 15 is 0 Å². The van der Waals surface area contributed by atoms with Crippen molar-refractivity contribution in [3.05, 3.63) is 23.8 Å². The van der Waals surface area contributed by atoms with Crippen molar-refractivity contribution in [3.8, 4) is 11.5 Å². The van der Waals surface area contributed by atoms with Gasteiger partial charge in [0.1, 0.15) is 6.54 Å². The molecule has 3 rings (SSSR count). The van der Waals surface area contributed by atoms with Crippen molar-refractivity contribution in [2.24, 2.45) is 11.3 Å². The summed E-state index contributed by atoms with van der Waals surface area (Å²) >= 11 is 0. The lowest BCUT2D eigenvalue weighted by molar-refractivity contribution is -0.672. The molecule has 2 aliphatic rings. The van der Waals surface area contributed by atoms with E-state index in [1.165, 1.54) is 18.4 Å². The zero-order valence-electron chi connectivity index (χ0n) is 15.6. The summed E-state index contributed by atoms with van der Waals surface area (Å²) in [6, 6.07) is 6.26. The van der Waals surface area contributed by atoms with Gasteiger partial charge in [0.05, 0.1) is 12.1 Å². The van der Waals surface area contributed by atoms with Crippen molar-refractivity contribution >= 4 is 0 Å². The normalized spacial score (nSPS) is 25.2. The molecule has 0 aromatic heterocycles. The molecule has 1 fully saturated rings. The Bertz CT molecular complexity index is 570. The van der Waals surface area contributed by atoms with Crippen molar-refractivity contribution in [2.75, 3.05) is 19.9 Å². The summed E-state index contributed by atoms with van der Waals surface area (Å²) in [7, 11) is 0. The van der Waals surface area contributed by atoms with Gasteiger partial charge in [0.25, 0.3) is 0 Å². The van der Waals surface area contributed by atoms with Gasteiger partial charge in [-0.3, -0.25) is 0 Å². The first-order valence-electron chi connectivity index (χ1n) is 9.24. The first-order valence-corrected chi connectivity index (χ1v) is 9.24. The second-order valence-electron chi connectivity index (χ2n) is 8.27. The lowest BCUT2D eigenvalue weighted by Gasteiger charge is -2.47. The molecule has 1 aromatic carbocycles. The van der Waals surface area contributed by atoms with Crippen LogP contribution in [0.5, 0.6) is 11.5 Å². The molecule has 2 N–H and O–H groups in total. The zero-order chi connectivity index (χ0) is 17.2. The van der Waals surface area contributed by atoms with Crippen LogP contribution in [0.3, 0.4) is 0 Å². The van der Waals surface area contributed by atoms with Crippen molar-refractivity contribution in [2.45, 2.75) is 59.1 Å². The van der Waals surface area contributed by atoms with Gasteiger partial charge in [0.2, 0.25) is 6.79 Å². The fourth-order valence-electron chi connectivity index (χ4n) is 4.24. The van der Waals surface area contributed by atoms with Gasteiger partial charge in [-0.1, -0.05) is 13.8 Å². The second-order valence-corrected chi connectivity index (χ2v) is 8.27. The number of nitrogens with two attached hydrogens (primary N) is 1. The Kier molecular flexibility index (Phi) is 5.07. The maximum Gasteiger partial charge on any atom is 0.231 e. The van der Waals surface area contributed by atoms with Gasteiger partial charge in [0.15, 0.2) is 11.5 Å². The molecule has 0 radical (unpaired) electrons. The number of quaternary nitrogens is 1. The Labute approximate surface area is 145 Å². The van der Waals surface area contributed by atoms with Crippen LogP contribution in [0.1, 0.15) is 52.5 Å². The Morgan fingerprint density at radius 2 is 1.96 bits per heavy atom. The third-order valence-electron chi connectivity index (χ3n) is 5.76. The predicted octanol–water partition coefficient (Wildman–Crippen LogP) is 3.10. The Morgan fingerprint density at radius 1 is 1.17 bits per heavy atom. The molecule has 1 atom stereocenters. The standard InChI is InChI=1S/C20H31NO3/c1-15(2)20(8-10-24-19(3,4)13-20)7-9-21-12-16-5-6-17-18(11-16)23-14-22-17/h5-6,11,15,21H,7-10,12-14H2,1-4H3/p+1/t20-/m0/s1. The van der Waals surface area contributed by atoms with Crippen LogP contribution in [0.4, 0.5) is 0 Å². The van der Waals surface area contributed by atoms with E-state index in [2.05, 4.69) is 45.1 Å². The van der Waals surface area contributed by atoms with E-state index in [1.807, 2.05) is 6.07 Å². The highest BCUT2D eigenvalue weighted by molar-refractivity contribution is 5.44. The summed E-state index contributed by atoms with van der Waals surface area (Å²) in [5, 5.41) is 2.42. The lowest BCUT2D eigenvalue weighted by Crippen LogP contribution is -2.83. The van der Waals surface area contributed by atoms with Crippen molar-refractivity contribution in [1.29, 1.82) is 0 Å². The minimum atomic E-state index is 0.0137. The van der Waals surface area contributed by atoms with Gasteiger partial charge in [-0.15, -0.1) is 0 Å². The number of ether oxygens (including phenoxy) is 3. The molecule has 0 spiro atoms. The molecule has 24 heavy (non-hydrogen) atoms. The number of hydrogen-bond donors (Lipinski definition) is 1. The summed E-state index contributed by atoms with van der Waals surface area (Å²) in [4.78, 5) is 0. The molecule has 0 bridgehead atoms. The maximum absolute atomic E-state index is 5.95. The fourth-order valence-corrected chi connectivity index (χ4v) is 4.24. The van der Waals surface area contributed by atoms with Gasteiger partial charge < -0.3 is 19.5 Å². The Balaban J connectivity index is 1.52. The minimum absolute atomic E-state index is 0.0137.